The van der Waals surface area contributed by atoms with E-state index in [9.17, 15) is 14.9 Å². The maximum absolute atomic E-state index is 12.8. The van der Waals surface area contributed by atoms with Crippen LogP contribution in [0.15, 0.2) is 96.2 Å². The average Bonchev–Trinajstić information content (AvgIpc) is 3.42. The number of thioether (sulfide) groups is 1. The van der Waals surface area contributed by atoms with Crippen molar-refractivity contribution < 1.29 is 14.5 Å². The number of amides is 1. The van der Waals surface area contributed by atoms with E-state index in [1.165, 1.54) is 29.5 Å². The number of carbonyl (C=O) groups is 1. The highest BCUT2D eigenvalue weighted by Crippen LogP contribution is 2.31. The Kier molecular flexibility index (Phi) is 8.11. The van der Waals surface area contributed by atoms with Crippen molar-refractivity contribution in [1.29, 1.82) is 0 Å². The van der Waals surface area contributed by atoms with Crippen molar-refractivity contribution in [1.82, 2.24) is 14.8 Å². The third-order valence-electron chi connectivity index (χ3n) is 6.65. The van der Waals surface area contributed by atoms with E-state index in [2.05, 4.69) is 15.5 Å². The summed E-state index contributed by atoms with van der Waals surface area (Å²) in [7, 11) is 1.61. The molecule has 206 valence electrons. The van der Waals surface area contributed by atoms with Gasteiger partial charge >= 0.3 is 0 Å². The van der Waals surface area contributed by atoms with Crippen molar-refractivity contribution in [3.05, 3.63) is 123 Å². The van der Waals surface area contributed by atoms with Gasteiger partial charge in [-0.15, -0.1) is 10.2 Å². The first-order valence-corrected chi connectivity index (χ1v) is 13.8. The molecular weight excluding hydrogens is 538 g/mol. The first-order chi connectivity index (χ1) is 19.8. The molecule has 1 N–H and O–H groups in total. The van der Waals surface area contributed by atoms with Crippen LogP contribution in [0, 0.1) is 24.0 Å². The molecule has 4 aromatic carbocycles. The Bertz CT molecular complexity index is 1700. The van der Waals surface area contributed by atoms with Crippen LogP contribution in [-0.2, 0) is 5.75 Å². The van der Waals surface area contributed by atoms with E-state index in [1.807, 2.05) is 85.1 Å². The number of nitrogens with zero attached hydrogens (tertiary/aromatic N) is 4. The number of methoxy groups -OCH3 is 1. The van der Waals surface area contributed by atoms with E-state index in [0.717, 1.165) is 28.3 Å². The first-order valence-electron chi connectivity index (χ1n) is 12.8. The van der Waals surface area contributed by atoms with Crippen molar-refractivity contribution in [3.8, 4) is 22.8 Å². The highest BCUT2D eigenvalue weighted by molar-refractivity contribution is 7.98. The van der Waals surface area contributed by atoms with Gasteiger partial charge in [0.25, 0.3) is 11.6 Å². The number of nitrogens with one attached hydrogen (secondary N) is 1. The van der Waals surface area contributed by atoms with Gasteiger partial charge < -0.3 is 10.1 Å². The number of anilines is 1. The molecule has 10 heteroatoms. The lowest BCUT2D eigenvalue weighted by Crippen LogP contribution is -2.12. The molecule has 5 aromatic rings. The van der Waals surface area contributed by atoms with Gasteiger partial charge in [-0.3, -0.25) is 19.5 Å². The van der Waals surface area contributed by atoms with Gasteiger partial charge in [0.2, 0.25) is 0 Å². The Labute approximate surface area is 241 Å². The molecule has 0 bridgehead atoms. The molecule has 0 spiro atoms. The molecule has 0 saturated carbocycles. The molecule has 0 unspecified atom stereocenters. The number of nitro benzene ring substituents is 1. The Morgan fingerprint density at radius 1 is 0.927 bits per heavy atom. The Morgan fingerprint density at radius 2 is 1.63 bits per heavy atom. The maximum atomic E-state index is 12.8. The summed E-state index contributed by atoms with van der Waals surface area (Å²) in [4.78, 5) is 23.4. The van der Waals surface area contributed by atoms with Gasteiger partial charge in [0.05, 0.1) is 12.0 Å². The molecule has 0 radical (unpaired) electrons. The molecule has 0 aliphatic heterocycles. The molecule has 9 nitrogen and oxygen atoms in total. The van der Waals surface area contributed by atoms with E-state index < -0.39 is 4.92 Å². The van der Waals surface area contributed by atoms with Crippen LogP contribution in [0.4, 0.5) is 11.4 Å². The molecule has 0 aliphatic carbocycles. The van der Waals surface area contributed by atoms with Gasteiger partial charge in [0.15, 0.2) is 11.0 Å². The largest absolute Gasteiger partial charge is 0.497 e. The molecule has 0 aliphatic rings. The number of hydrogen-bond acceptors (Lipinski definition) is 7. The normalized spacial score (nSPS) is 10.8. The molecule has 41 heavy (non-hydrogen) atoms. The lowest BCUT2D eigenvalue weighted by Gasteiger charge is -2.11. The molecule has 1 heterocycles. The number of aromatic nitrogens is 3. The minimum Gasteiger partial charge on any atom is -0.497 e. The summed E-state index contributed by atoms with van der Waals surface area (Å²) in [5.74, 6) is 1.70. The molecule has 1 amide bonds. The number of non-ortho nitro benzene ring substituents is 1. The molecule has 0 atom stereocenters. The van der Waals surface area contributed by atoms with E-state index in [1.54, 1.807) is 19.2 Å². The number of benzene rings is 4. The fourth-order valence-corrected chi connectivity index (χ4v) is 5.08. The van der Waals surface area contributed by atoms with Crippen molar-refractivity contribution >= 4 is 29.0 Å². The second-order valence-electron chi connectivity index (χ2n) is 9.38. The number of aryl methyl sites for hydroxylation is 2. The van der Waals surface area contributed by atoms with Crippen LogP contribution >= 0.6 is 11.8 Å². The zero-order valence-electron chi connectivity index (χ0n) is 22.7. The van der Waals surface area contributed by atoms with E-state index in [0.29, 0.717) is 27.9 Å². The summed E-state index contributed by atoms with van der Waals surface area (Å²) in [5.41, 5.74) is 6.17. The smallest absolute Gasteiger partial charge is 0.269 e. The second kappa shape index (κ2) is 12.1. The Morgan fingerprint density at radius 3 is 2.27 bits per heavy atom. The maximum Gasteiger partial charge on any atom is 0.269 e. The number of carbonyl (C=O) groups excluding carboxylic acids is 1. The van der Waals surface area contributed by atoms with Crippen LogP contribution in [0.2, 0.25) is 0 Å². The molecule has 5 rings (SSSR count). The molecule has 0 fully saturated rings. The summed E-state index contributed by atoms with van der Waals surface area (Å²) in [6, 6.07) is 27.1. The number of ether oxygens (including phenoxy) is 1. The number of hydrogen-bond donors (Lipinski definition) is 1. The Hall–Kier alpha value is -4.96. The van der Waals surface area contributed by atoms with Gasteiger partial charge in [0, 0.05) is 40.4 Å². The van der Waals surface area contributed by atoms with Crippen LogP contribution in [0.1, 0.15) is 27.0 Å². The first kappa shape index (κ1) is 27.6. The second-order valence-corrected chi connectivity index (χ2v) is 10.3. The summed E-state index contributed by atoms with van der Waals surface area (Å²) < 4.78 is 7.22. The predicted octanol–water partition coefficient (Wildman–Crippen LogP) is 7.01. The fraction of sp³-hybridized carbons (Fsp3) is 0.129. The van der Waals surface area contributed by atoms with Crippen molar-refractivity contribution in [3.63, 3.8) is 0 Å². The third-order valence-corrected chi connectivity index (χ3v) is 7.65. The molecular formula is C31H27N5O4S. The van der Waals surface area contributed by atoms with Gasteiger partial charge in [0.1, 0.15) is 5.75 Å². The topological polar surface area (TPSA) is 112 Å². The highest BCUT2D eigenvalue weighted by Gasteiger charge is 2.18. The summed E-state index contributed by atoms with van der Waals surface area (Å²) in [5, 5.41) is 23.6. The number of nitro groups is 1. The van der Waals surface area contributed by atoms with Crippen LogP contribution in [0.25, 0.3) is 17.1 Å². The van der Waals surface area contributed by atoms with Crippen molar-refractivity contribution in [2.24, 2.45) is 0 Å². The molecule has 0 saturated heterocycles. The Balaban J connectivity index is 1.35. The quantitative estimate of drug-likeness (QED) is 0.116. The van der Waals surface area contributed by atoms with E-state index >= 15 is 0 Å². The van der Waals surface area contributed by atoms with Crippen LogP contribution in [0.5, 0.6) is 5.75 Å². The predicted molar refractivity (Wildman–Crippen MR) is 160 cm³/mol. The van der Waals surface area contributed by atoms with Crippen LogP contribution < -0.4 is 10.1 Å². The minimum absolute atomic E-state index is 0.00460. The van der Waals surface area contributed by atoms with Crippen LogP contribution in [-0.4, -0.2) is 32.7 Å². The average molecular weight is 566 g/mol. The lowest BCUT2D eigenvalue weighted by molar-refractivity contribution is -0.384. The highest BCUT2D eigenvalue weighted by atomic mass is 32.2. The van der Waals surface area contributed by atoms with Crippen molar-refractivity contribution in [2.75, 3.05) is 12.4 Å². The van der Waals surface area contributed by atoms with Gasteiger partial charge in [-0.05, 0) is 91.2 Å². The summed E-state index contributed by atoms with van der Waals surface area (Å²) >= 11 is 1.50. The van der Waals surface area contributed by atoms with E-state index in [-0.39, 0.29) is 11.6 Å². The van der Waals surface area contributed by atoms with Crippen LogP contribution in [0.3, 0.4) is 0 Å². The number of rotatable bonds is 9. The van der Waals surface area contributed by atoms with E-state index in [4.69, 9.17) is 4.74 Å². The summed E-state index contributed by atoms with van der Waals surface area (Å²) in [6.07, 6.45) is 0. The zero-order chi connectivity index (χ0) is 28.9. The zero-order valence-corrected chi connectivity index (χ0v) is 23.5. The SMILES string of the molecule is COc1ccc(-n2c(SCc3ccc(C(=O)Nc4ccc(C)c(C)c4)cc3)nnc2-c2ccc([N+](=O)[O-])cc2)cc1. The summed E-state index contributed by atoms with van der Waals surface area (Å²) in [6.45, 7) is 4.05. The fourth-order valence-electron chi connectivity index (χ4n) is 4.17. The third kappa shape index (κ3) is 6.28. The van der Waals surface area contributed by atoms with Gasteiger partial charge in [-0.1, -0.05) is 30.0 Å². The van der Waals surface area contributed by atoms with Gasteiger partial charge in [-0.25, -0.2) is 0 Å². The lowest BCUT2D eigenvalue weighted by atomic mass is 10.1. The monoisotopic (exact) mass is 565 g/mol. The van der Waals surface area contributed by atoms with Crippen molar-refractivity contribution in [2.45, 2.75) is 24.8 Å². The molecule has 1 aromatic heterocycles. The minimum atomic E-state index is -0.433. The standard InChI is InChI=1S/C31H27N5O4S/c1-20-4-11-25(18-21(20)2)32-30(37)24-7-5-22(6-8-24)19-41-31-34-33-29(23-9-12-27(13-10-23)36(38)39)35(31)26-14-16-28(40-3)17-15-26/h4-18H,19H2,1-3H3,(H,32,37). The van der Waals surface area contributed by atoms with Gasteiger partial charge in [-0.2, -0.15) is 0 Å².